The van der Waals surface area contributed by atoms with Gasteiger partial charge < -0.3 is 4.74 Å². The molecule has 0 N–H and O–H groups in total. The Labute approximate surface area is 122 Å². The first kappa shape index (κ1) is 17.0. The summed E-state index contributed by atoms with van der Waals surface area (Å²) in [7, 11) is -3.39. The van der Waals surface area contributed by atoms with Crippen LogP contribution in [0, 0.1) is 0 Å². The SMILES string of the molecule is CCCN(CCC)S(=O)(=O)c1ccc(OC(C)C)cc1. The molecule has 0 heterocycles. The molecule has 0 aromatic heterocycles. The van der Waals surface area contributed by atoms with E-state index >= 15 is 0 Å². The topological polar surface area (TPSA) is 46.6 Å². The molecular weight excluding hydrogens is 274 g/mol. The summed E-state index contributed by atoms with van der Waals surface area (Å²) in [6.07, 6.45) is 1.70. The molecule has 0 fully saturated rings. The largest absolute Gasteiger partial charge is 0.491 e. The fourth-order valence-electron chi connectivity index (χ4n) is 1.96. The van der Waals surface area contributed by atoms with Gasteiger partial charge in [-0.3, -0.25) is 0 Å². The highest BCUT2D eigenvalue weighted by atomic mass is 32.2. The van der Waals surface area contributed by atoms with Gasteiger partial charge in [-0.2, -0.15) is 4.31 Å². The first-order valence-electron chi connectivity index (χ1n) is 7.18. The molecule has 4 nitrogen and oxygen atoms in total. The molecule has 20 heavy (non-hydrogen) atoms. The standard InChI is InChI=1S/C15H25NO3S/c1-5-11-16(12-6-2)20(17,18)15-9-7-14(8-10-15)19-13(3)4/h7-10,13H,5-6,11-12H2,1-4H3. The van der Waals surface area contributed by atoms with Gasteiger partial charge in [-0.25, -0.2) is 8.42 Å². The molecular formula is C15H25NO3S. The molecule has 1 rings (SSSR count). The molecule has 0 aliphatic heterocycles. The van der Waals surface area contributed by atoms with Gasteiger partial charge >= 0.3 is 0 Å². The second kappa shape index (κ2) is 7.64. The smallest absolute Gasteiger partial charge is 0.243 e. The summed E-state index contributed by atoms with van der Waals surface area (Å²) in [6, 6.07) is 6.66. The van der Waals surface area contributed by atoms with Crippen molar-refractivity contribution in [3.05, 3.63) is 24.3 Å². The molecule has 0 saturated carbocycles. The molecule has 0 radical (unpaired) electrons. The van der Waals surface area contributed by atoms with E-state index in [4.69, 9.17) is 4.74 Å². The zero-order chi connectivity index (χ0) is 15.2. The van der Waals surface area contributed by atoms with Crippen molar-refractivity contribution in [3.8, 4) is 5.75 Å². The fraction of sp³-hybridized carbons (Fsp3) is 0.600. The summed E-state index contributed by atoms with van der Waals surface area (Å²) in [5, 5.41) is 0. The van der Waals surface area contributed by atoms with Crippen LogP contribution in [-0.2, 0) is 10.0 Å². The van der Waals surface area contributed by atoms with Gasteiger partial charge in [0.25, 0.3) is 0 Å². The monoisotopic (exact) mass is 299 g/mol. The molecule has 0 saturated heterocycles. The summed E-state index contributed by atoms with van der Waals surface area (Å²) in [4.78, 5) is 0.329. The summed E-state index contributed by atoms with van der Waals surface area (Å²) >= 11 is 0. The normalized spacial score (nSPS) is 12.1. The summed E-state index contributed by atoms with van der Waals surface area (Å²) in [6.45, 7) is 8.96. The quantitative estimate of drug-likeness (QED) is 0.740. The minimum Gasteiger partial charge on any atom is -0.491 e. The lowest BCUT2D eigenvalue weighted by molar-refractivity contribution is 0.242. The Hall–Kier alpha value is -1.07. The van der Waals surface area contributed by atoms with Crippen LogP contribution in [-0.4, -0.2) is 31.9 Å². The Bertz CT molecular complexity index is 488. The lowest BCUT2D eigenvalue weighted by Gasteiger charge is -2.21. The third-order valence-corrected chi connectivity index (χ3v) is 4.69. The summed E-state index contributed by atoms with van der Waals surface area (Å²) in [5.74, 6) is 0.691. The van der Waals surface area contributed by atoms with Crippen molar-refractivity contribution >= 4 is 10.0 Å². The zero-order valence-corrected chi connectivity index (χ0v) is 13.6. The van der Waals surface area contributed by atoms with Crippen LogP contribution in [0.5, 0.6) is 5.75 Å². The van der Waals surface area contributed by atoms with E-state index in [0.717, 1.165) is 12.8 Å². The number of rotatable bonds is 8. The van der Waals surface area contributed by atoms with E-state index in [1.807, 2.05) is 27.7 Å². The van der Waals surface area contributed by atoms with E-state index in [9.17, 15) is 8.42 Å². The lowest BCUT2D eigenvalue weighted by Crippen LogP contribution is -2.32. The molecule has 114 valence electrons. The van der Waals surface area contributed by atoms with Gasteiger partial charge in [0.05, 0.1) is 11.0 Å². The van der Waals surface area contributed by atoms with E-state index in [1.54, 1.807) is 28.6 Å². The van der Waals surface area contributed by atoms with Crippen molar-refractivity contribution < 1.29 is 13.2 Å². The number of ether oxygens (including phenoxy) is 1. The van der Waals surface area contributed by atoms with Crippen LogP contribution < -0.4 is 4.74 Å². The van der Waals surface area contributed by atoms with E-state index in [0.29, 0.717) is 23.7 Å². The van der Waals surface area contributed by atoms with Crippen molar-refractivity contribution in [1.29, 1.82) is 0 Å². The Morgan fingerprint density at radius 3 is 1.95 bits per heavy atom. The Morgan fingerprint density at radius 1 is 1.05 bits per heavy atom. The van der Waals surface area contributed by atoms with Crippen LogP contribution in [0.25, 0.3) is 0 Å². The average molecular weight is 299 g/mol. The highest BCUT2D eigenvalue weighted by Crippen LogP contribution is 2.20. The Morgan fingerprint density at radius 2 is 1.55 bits per heavy atom. The van der Waals surface area contributed by atoms with Crippen molar-refractivity contribution in [2.24, 2.45) is 0 Å². The average Bonchev–Trinajstić information content (AvgIpc) is 2.38. The molecule has 0 amide bonds. The molecule has 0 aliphatic rings. The van der Waals surface area contributed by atoms with Crippen LogP contribution >= 0.6 is 0 Å². The second-order valence-electron chi connectivity index (χ2n) is 5.04. The summed E-state index contributed by atoms with van der Waals surface area (Å²) in [5.41, 5.74) is 0. The van der Waals surface area contributed by atoms with Gasteiger partial charge in [-0.15, -0.1) is 0 Å². The van der Waals surface area contributed by atoms with Gasteiger partial charge in [0.2, 0.25) is 10.0 Å². The van der Waals surface area contributed by atoms with Crippen LogP contribution in [0.2, 0.25) is 0 Å². The van der Waals surface area contributed by atoms with Gasteiger partial charge in [0.1, 0.15) is 5.75 Å². The van der Waals surface area contributed by atoms with E-state index in [2.05, 4.69) is 0 Å². The molecule has 1 aromatic carbocycles. The highest BCUT2D eigenvalue weighted by molar-refractivity contribution is 7.89. The van der Waals surface area contributed by atoms with Crippen LogP contribution in [0.15, 0.2) is 29.2 Å². The number of nitrogens with zero attached hydrogens (tertiary/aromatic N) is 1. The van der Waals surface area contributed by atoms with Gasteiger partial charge in [0, 0.05) is 13.1 Å². The zero-order valence-electron chi connectivity index (χ0n) is 12.8. The fourth-order valence-corrected chi connectivity index (χ4v) is 3.59. The number of hydrogen-bond donors (Lipinski definition) is 0. The minimum absolute atomic E-state index is 0.0779. The highest BCUT2D eigenvalue weighted by Gasteiger charge is 2.22. The molecule has 5 heteroatoms. The maximum Gasteiger partial charge on any atom is 0.243 e. The molecule has 0 spiro atoms. The Balaban J connectivity index is 2.96. The molecule has 1 aromatic rings. The van der Waals surface area contributed by atoms with Crippen molar-refractivity contribution in [2.75, 3.05) is 13.1 Å². The third-order valence-electron chi connectivity index (χ3n) is 2.78. The van der Waals surface area contributed by atoms with Gasteiger partial charge in [-0.05, 0) is 51.0 Å². The summed E-state index contributed by atoms with van der Waals surface area (Å²) < 4.78 is 32.1. The van der Waals surface area contributed by atoms with Gasteiger partial charge in [-0.1, -0.05) is 13.8 Å². The van der Waals surface area contributed by atoms with E-state index in [1.165, 1.54) is 0 Å². The van der Waals surface area contributed by atoms with Crippen molar-refractivity contribution in [1.82, 2.24) is 4.31 Å². The van der Waals surface area contributed by atoms with Crippen molar-refractivity contribution in [3.63, 3.8) is 0 Å². The Kier molecular flexibility index (Phi) is 6.49. The molecule has 0 atom stereocenters. The number of hydrogen-bond acceptors (Lipinski definition) is 3. The van der Waals surface area contributed by atoms with E-state index in [-0.39, 0.29) is 6.10 Å². The van der Waals surface area contributed by atoms with Crippen LogP contribution in [0.4, 0.5) is 0 Å². The van der Waals surface area contributed by atoms with Gasteiger partial charge in [0.15, 0.2) is 0 Å². The first-order chi connectivity index (χ1) is 9.41. The first-order valence-corrected chi connectivity index (χ1v) is 8.62. The lowest BCUT2D eigenvalue weighted by atomic mass is 10.3. The minimum atomic E-state index is -3.39. The third kappa shape index (κ3) is 4.49. The van der Waals surface area contributed by atoms with Crippen LogP contribution in [0.3, 0.4) is 0 Å². The number of benzene rings is 1. The van der Waals surface area contributed by atoms with E-state index < -0.39 is 10.0 Å². The maximum absolute atomic E-state index is 12.5. The molecule has 0 aliphatic carbocycles. The molecule has 0 unspecified atom stereocenters. The maximum atomic E-state index is 12.5. The second-order valence-corrected chi connectivity index (χ2v) is 6.98. The predicted octanol–water partition coefficient (Wildman–Crippen LogP) is 3.28. The van der Waals surface area contributed by atoms with Crippen molar-refractivity contribution in [2.45, 2.75) is 51.5 Å². The van der Waals surface area contributed by atoms with Crippen LogP contribution in [0.1, 0.15) is 40.5 Å². The predicted molar refractivity (Wildman–Crippen MR) is 81.5 cm³/mol. The molecule has 0 bridgehead atoms. The number of sulfonamides is 1.